The first-order valence-corrected chi connectivity index (χ1v) is 4.57. The van der Waals surface area contributed by atoms with Gasteiger partial charge in [-0.2, -0.15) is 0 Å². The topological polar surface area (TPSA) is 9.23 Å². The molecule has 1 nitrogen and oxygen atoms in total. The molecule has 0 aliphatic heterocycles. The Labute approximate surface area is 82.2 Å². The van der Waals surface area contributed by atoms with Gasteiger partial charge in [0.15, 0.2) is 0 Å². The first kappa shape index (κ1) is 9.69. The van der Waals surface area contributed by atoms with E-state index in [1.54, 1.807) is 7.11 Å². The summed E-state index contributed by atoms with van der Waals surface area (Å²) in [6.07, 6.45) is 0.839. The summed E-state index contributed by atoms with van der Waals surface area (Å²) in [7, 11) is 1.60. The summed E-state index contributed by atoms with van der Waals surface area (Å²) in [5.74, 6) is 1.32. The number of ether oxygens (including phenoxy) is 1. The SMILES string of the molecule is COc1ccc(CCCl)cc1Cl. The summed E-state index contributed by atoms with van der Waals surface area (Å²) >= 11 is 11.5. The molecule has 0 N–H and O–H groups in total. The highest BCUT2D eigenvalue weighted by Crippen LogP contribution is 2.24. The smallest absolute Gasteiger partial charge is 0.137 e. The average molecular weight is 205 g/mol. The standard InChI is InChI=1S/C9H10Cl2O/c1-12-9-3-2-7(4-5-10)6-8(9)11/h2-3,6H,4-5H2,1H3. The molecule has 12 heavy (non-hydrogen) atoms. The van der Waals surface area contributed by atoms with Crippen LogP contribution >= 0.6 is 23.2 Å². The maximum atomic E-state index is 5.90. The molecular weight excluding hydrogens is 195 g/mol. The molecule has 0 bridgehead atoms. The molecule has 1 aromatic rings. The number of aryl methyl sites for hydroxylation is 1. The third-order valence-electron chi connectivity index (χ3n) is 1.60. The van der Waals surface area contributed by atoms with Gasteiger partial charge in [-0.15, -0.1) is 11.6 Å². The number of hydrogen-bond acceptors (Lipinski definition) is 1. The molecule has 3 heteroatoms. The van der Waals surface area contributed by atoms with Crippen LogP contribution in [0, 0.1) is 0 Å². The molecular formula is C9H10Cl2O. The van der Waals surface area contributed by atoms with Crippen molar-refractivity contribution in [3.8, 4) is 5.75 Å². The van der Waals surface area contributed by atoms with E-state index in [0.717, 1.165) is 12.0 Å². The lowest BCUT2D eigenvalue weighted by molar-refractivity contribution is 0.415. The number of halogens is 2. The van der Waals surface area contributed by atoms with Crippen molar-refractivity contribution in [3.63, 3.8) is 0 Å². The predicted molar refractivity (Wildman–Crippen MR) is 52.4 cm³/mol. The fraction of sp³-hybridized carbons (Fsp3) is 0.333. The molecule has 0 heterocycles. The third kappa shape index (κ3) is 2.29. The minimum Gasteiger partial charge on any atom is -0.495 e. The molecule has 0 unspecified atom stereocenters. The lowest BCUT2D eigenvalue weighted by Crippen LogP contribution is -1.88. The molecule has 0 radical (unpaired) electrons. The maximum Gasteiger partial charge on any atom is 0.137 e. The van der Waals surface area contributed by atoms with E-state index in [2.05, 4.69) is 0 Å². The Morgan fingerprint density at radius 2 is 2.17 bits per heavy atom. The van der Waals surface area contributed by atoms with Gasteiger partial charge in [-0.05, 0) is 24.1 Å². The molecule has 0 aromatic heterocycles. The molecule has 0 fully saturated rings. The van der Waals surface area contributed by atoms with Gasteiger partial charge in [0.1, 0.15) is 5.75 Å². The van der Waals surface area contributed by atoms with Gasteiger partial charge in [-0.3, -0.25) is 0 Å². The summed E-state index contributed by atoms with van der Waals surface area (Å²) in [6, 6.07) is 5.69. The molecule has 66 valence electrons. The quantitative estimate of drug-likeness (QED) is 0.688. The van der Waals surface area contributed by atoms with Crippen LogP contribution in [0.4, 0.5) is 0 Å². The lowest BCUT2D eigenvalue weighted by Gasteiger charge is -2.04. The second-order valence-electron chi connectivity index (χ2n) is 2.41. The normalized spacial score (nSPS) is 9.92. The Balaban J connectivity index is 2.86. The third-order valence-corrected chi connectivity index (χ3v) is 2.08. The minimum atomic E-state index is 0.614. The van der Waals surface area contributed by atoms with E-state index in [0.29, 0.717) is 16.7 Å². The lowest BCUT2D eigenvalue weighted by atomic mass is 10.2. The van der Waals surface area contributed by atoms with Gasteiger partial charge < -0.3 is 4.74 Å². The van der Waals surface area contributed by atoms with Crippen molar-refractivity contribution < 1.29 is 4.74 Å². The molecule has 1 aromatic carbocycles. The molecule has 0 amide bonds. The van der Waals surface area contributed by atoms with Crippen LogP contribution in [0.25, 0.3) is 0 Å². The number of alkyl halides is 1. The Morgan fingerprint density at radius 1 is 1.42 bits per heavy atom. The van der Waals surface area contributed by atoms with Crippen molar-refractivity contribution in [2.45, 2.75) is 6.42 Å². The average Bonchev–Trinajstić information content (AvgIpc) is 2.05. The highest BCUT2D eigenvalue weighted by atomic mass is 35.5. The van der Waals surface area contributed by atoms with Crippen LogP contribution in [0.15, 0.2) is 18.2 Å². The highest BCUT2D eigenvalue weighted by Gasteiger charge is 2.00. The van der Waals surface area contributed by atoms with E-state index in [-0.39, 0.29) is 0 Å². The van der Waals surface area contributed by atoms with Crippen LogP contribution < -0.4 is 4.74 Å². The van der Waals surface area contributed by atoms with Crippen LogP contribution in [0.1, 0.15) is 5.56 Å². The zero-order chi connectivity index (χ0) is 8.97. The number of hydrogen-bond donors (Lipinski definition) is 0. The molecule has 0 saturated heterocycles. The van der Waals surface area contributed by atoms with E-state index in [1.807, 2.05) is 18.2 Å². The summed E-state index contributed by atoms with van der Waals surface area (Å²) < 4.78 is 5.01. The number of rotatable bonds is 3. The maximum absolute atomic E-state index is 5.90. The summed E-state index contributed by atoms with van der Waals surface area (Å²) in [5.41, 5.74) is 1.14. The zero-order valence-corrected chi connectivity index (χ0v) is 8.32. The van der Waals surface area contributed by atoms with Gasteiger partial charge in [0, 0.05) is 5.88 Å². The molecule has 0 aliphatic carbocycles. The molecule has 0 saturated carbocycles. The van der Waals surface area contributed by atoms with E-state index >= 15 is 0 Å². The van der Waals surface area contributed by atoms with Crippen LogP contribution in [0.3, 0.4) is 0 Å². The predicted octanol–water partition coefficient (Wildman–Crippen LogP) is 3.13. The second-order valence-corrected chi connectivity index (χ2v) is 3.19. The van der Waals surface area contributed by atoms with Gasteiger partial charge in [0.2, 0.25) is 0 Å². The Kier molecular flexibility index (Phi) is 3.70. The van der Waals surface area contributed by atoms with E-state index in [9.17, 15) is 0 Å². The van der Waals surface area contributed by atoms with Gasteiger partial charge in [-0.25, -0.2) is 0 Å². The fourth-order valence-electron chi connectivity index (χ4n) is 0.975. The van der Waals surface area contributed by atoms with E-state index in [4.69, 9.17) is 27.9 Å². The first-order chi connectivity index (χ1) is 5.77. The Morgan fingerprint density at radius 3 is 2.67 bits per heavy atom. The number of methoxy groups -OCH3 is 1. The Hall–Kier alpha value is -0.400. The van der Waals surface area contributed by atoms with Gasteiger partial charge in [-0.1, -0.05) is 17.7 Å². The van der Waals surface area contributed by atoms with Gasteiger partial charge in [0.05, 0.1) is 12.1 Å². The molecule has 0 aliphatic rings. The van der Waals surface area contributed by atoms with Gasteiger partial charge >= 0.3 is 0 Å². The second kappa shape index (κ2) is 4.58. The van der Waals surface area contributed by atoms with E-state index in [1.165, 1.54) is 0 Å². The largest absolute Gasteiger partial charge is 0.495 e. The summed E-state index contributed by atoms with van der Waals surface area (Å²) in [4.78, 5) is 0. The van der Waals surface area contributed by atoms with Crippen molar-refractivity contribution in [2.75, 3.05) is 13.0 Å². The van der Waals surface area contributed by atoms with Gasteiger partial charge in [0.25, 0.3) is 0 Å². The van der Waals surface area contributed by atoms with Crippen LogP contribution in [-0.2, 0) is 6.42 Å². The minimum absolute atomic E-state index is 0.614. The molecule has 1 rings (SSSR count). The zero-order valence-electron chi connectivity index (χ0n) is 6.81. The van der Waals surface area contributed by atoms with Crippen LogP contribution in [0.5, 0.6) is 5.75 Å². The Bertz CT molecular complexity index is 261. The van der Waals surface area contributed by atoms with Crippen molar-refractivity contribution in [1.29, 1.82) is 0 Å². The number of benzene rings is 1. The summed E-state index contributed by atoms with van der Waals surface area (Å²) in [6.45, 7) is 0. The van der Waals surface area contributed by atoms with Crippen molar-refractivity contribution >= 4 is 23.2 Å². The van der Waals surface area contributed by atoms with E-state index < -0.39 is 0 Å². The first-order valence-electron chi connectivity index (χ1n) is 3.66. The molecule has 0 spiro atoms. The van der Waals surface area contributed by atoms with Crippen LogP contribution in [0.2, 0.25) is 5.02 Å². The fourth-order valence-corrected chi connectivity index (χ4v) is 1.47. The highest BCUT2D eigenvalue weighted by molar-refractivity contribution is 6.32. The van der Waals surface area contributed by atoms with Crippen LogP contribution in [-0.4, -0.2) is 13.0 Å². The monoisotopic (exact) mass is 204 g/mol. The van der Waals surface area contributed by atoms with Crippen molar-refractivity contribution in [3.05, 3.63) is 28.8 Å². The van der Waals surface area contributed by atoms with Crippen molar-refractivity contribution in [1.82, 2.24) is 0 Å². The summed E-state index contributed by atoms with van der Waals surface area (Å²) in [5, 5.41) is 0.639. The molecule has 0 atom stereocenters. The van der Waals surface area contributed by atoms with Crippen molar-refractivity contribution in [2.24, 2.45) is 0 Å².